The molecule has 6 heteroatoms. The fourth-order valence-corrected chi connectivity index (χ4v) is 2.29. The number of carboxylic acid groups (broad SMARTS) is 1. The van der Waals surface area contributed by atoms with Gasteiger partial charge in [-0.25, -0.2) is 19.6 Å². The molecule has 0 aliphatic heterocycles. The van der Waals surface area contributed by atoms with Gasteiger partial charge in [0.2, 0.25) is 0 Å². The number of carboxylic acids is 1. The summed E-state index contributed by atoms with van der Waals surface area (Å²) in [4.78, 5) is 30.2. The Hall–Kier alpha value is -1.98. The molecule has 23 heavy (non-hydrogen) atoms. The van der Waals surface area contributed by atoms with Gasteiger partial charge in [-0.3, -0.25) is 0 Å². The summed E-state index contributed by atoms with van der Waals surface area (Å²) in [7, 11) is 0. The van der Waals surface area contributed by atoms with E-state index in [0.29, 0.717) is 0 Å². The van der Waals surface area contributed by atoms with Crippen molar-refractivity contribution in [3.8, 4) is 0 Å². The number of hydrogen-bond donors (Lipinski definition) is 1. The minimum atomic E-state index is -1.28. The zero-order valence-corrected chi connectivity index (χ0v) is 13.8. The van der Waals surface area contributed by atoms with Gasteiger partial charge >= 0.3 is 11.9 Å². The number of carbonyl (C=O) groups is 2. The SMILES string of the molecule is CCCCCCCCCCCOC(=O)c1nccnc1C(=O)O. The van der Waals surface area contributed by atoms with Crippen molar-refractivity contribution in [1.82, 2.24) is 9.97 Å². The molecule has 0 radical (unpaired) electrons. The second kappa shape index (κ2) is 11.6. The molecule has 0 spiro atoms. The van der Waals surface area contributed by atoms with Gasteiger partial charge in [0.25, 0.3) is 0 Å². The molecule has 0 fully saturated rings. The third kappa shape index (κ3) is 7.72. The average Bonchev–Trinajstić information content (AvgIpc) is 2.56. The van der Waals surface area contributed by atoms with Crippen LogP contribution >= 0.6 is 0 Å². The lowest BCUT2D eigenvalue weighted by Gasteiger charge is -2.06. The number of nitrogens with zero attached hydrogens (tertiary/aromatic N) is 2. The number of unbranched alkanes of at least 4 members (excludes halogenated alkanes) is 8. The first-order valence-corrected chi connectivity index (χ1v) is 8.38. The topological polar surface area (TPSA) is 89.4 Å². The molecule has 1 heterocycles. The molecule has 1 aromatic heterocycles. The van der Waals surface area contributed by atoms with Crippen LogP contribution in [0.25, 0.3) is 0 Å². The van der Waals surface area contributed by atoms with Crippen molar-refractivity contribution in [3.63, 3.8) is 0 Å². The maximum atomic E-state index is 11.8. The molecule has 0 aliphatic rings. The second-order valence-electron chi connectivity index (χ2n) is 5.52. The summed E-state index contributed by atoms with van der Waals surface area (Å²) in [5, 5.41) is 8.95. The molecule has 0 unspecified atom stereocenters. The first kappa shape index (κ1) is 19.1. The summed E-state index contributed by atoms with van der Waals surface area (Å²) < 4.78 is 5.07. The van der Waals surface area contributed by atoms with Gasteiger partial charge in [0, 0.05) is 12.4 Å². The third-order valence-electron chi connectivity index (χ3n) is 3.58. The molecule has 0 aromatic carbocycles. The van der Waals surface area contributed by atoms with E-state index in [9.17, 15) is 9.59 Å². The van der Waals surface area contributed by atoms with Crippen LogP contribution in [-0.4, -0.2) is 33.6 Å². The van der Waals surface area contributed by atoms with Crippen LogP contribution in [0, 0.1) is 0 Å². The van der Waals surface area contributed by atoms with Crippen LogP contribution in [0.5, 0.6) is 0 Å². The Morgan fingerprint density at radius 1 is 0.913 bits per heavy atom. The zero-order chi connectivity index (χ0) is 16.9. The lowest BCUT2D eigenvalue weighted by Crippen LogP contribution is -2.15. The number of carbonyl (C=O) groups excluding carboxylic acids is 1. The smallest absolute Gasteiger partial charge is 0.359 e. The highest BCUT2D eigenvalue weighted by Gasteiger charge is 2.20. The number of ether oxygens (including phenoxy) is 1. The number of esters is 1. The van der Waals surface area contributed by atoms with Gasteiger partial charge in [-0.05, 0) is 6.42 Å². The molecule has 1 aromatic rings. The van der Waals surface area contributed by atoms with Gasteiger partial charge in [0.15, 0.2) is 11.4 Å². The van der Waals surface area contributed by atoms with Gasteiger partial charge < -0.3 is 9.84 Å². The molecule has 128 valence electrons. The highest BCUT2D eigenvalue weighted by molar-refractivity contribution is 5.99. The number of aromatic carboxylic acids is 1. The van der Waals surface area contributed by atoms with E-state index in [0.717, 1.165) is 19.3 Å². The second-order valence-corrected chi connectivity index (χ2v) is 5.52. The van der Waals surface area contributed by atoms with E-state index in [2.05, 4.69) is 16.9 Å². The van der Waals surface area contributed by atoms with Crippen LogP contribution in [-0.2, 0) is 4.74 Å². The predicted octanol–water partition coefficient (Wildman–Crippen LogP) is 3.86. The Bertz CT molecular complexity index is 491. The van der Waals surface area contributed by atoms with Crippen LogP contribution in [0.4, 0.5) is 0 Å². The van der Waals surface area contributed by atoms with E-state index in [1.807, 2.05) is 0 Å². The molecule has 0 aliphatic carbocycles. The van der Waals surface area contributed by atoms with Crippen molar-refractivity contribution in [3.05, 3.63) is 23.8 Å². The highest BCUT2D eigenvalue weighted by atomic mass is 16.5. The summed E-state index contributed by atoms with van der Waals surface area (Å²) >= 11 is 0. The molecule has 1 N–H and O–H groups in total. The zero-order valence-electron chi connectivity index (χ0n) is 13.8. The van der Waals surface area contributed by atoms with Crippen molar-refractivity contribution in [1.29, 1.82) is 0 Å². The van der Waals surface area contributed by atoms with Crippen LogP contribution < -0.4 is 0 Å². The van der Waals surface area contributed by atoms with Crippen LogP contribution in [0.1, 0.15) is 85.7 Å². The average molecular weight is 322 g/mol. The van der Waals surface area contributed by atoms with Gasteiger partial charge in [-0.1, -0.05) is 58.3 Å². The van der Waals surface area contributed by atoms with Gasteiger partial charge in [0.1, 0.15) is 0 Å². The Balaban J connectivity index is 2.14. The summed E-state index contributed by atoms with van der Waals surface area (Å²) in [6.45, 7) is 2.49. The molecular formula is C17H26N2O4. The van der Waals surface area contributed by atoms with E-state index >= 15 is 0 Å². The van der Waals surface area contributed by atoms with Crippen LogP contribution in [0.2, 0.25) is 0 Å². The fourth-order valence-electron chi connectivity index (χ4n) is 2.29. The summed E-state index contributed by atoms with van der Waals surface area (Å²) in [5.41, 5.74) is -0.611. The maximum absolute atomic E-state index is 11.8. The molecule has 1 rings (SSSR count). The normalized spacial score (nSPS) is 10.5. The lowest BCUT2D eigenvalue weighted by molar-refractivity contribution is 0.0478. The first-order chi connectivity index (χ1) is 11.2. The minimum absolute atomic E-state index is 0.240. The molecule has 0 bridgehead atoms. The highest BCUT2D eigenvalue weighted by Crippen LogP contribution is 2.10. The Kier molecular flexibility index (Phi) is 9.59. The summed E-state index contributed by atoms with van der Waals surface area (Å²) in [6, 6.07) is 0. The van der Waals surface area contributed by atoms with Crippen molar-refractivity contribution < 1.29 is 19.4 Å². The van der Waals surface area contributed by atoms with E-state index in [1.165, 1.54) is 50.9 Å². The Morgan fingerprint density at radius 2 is 1.43 bits per heavy atom. The van der Waals surface area contributed by atoms with Gasteiger partial charge in [-0.2, -0.15) is 0 Å². The largest absolute Gasteiger partial charge is 0.476 e. The third-order valence-corrected chi connectivity index (χ3v) is 3.58. The number of rotatable bonds is 12. The van der Waals surface area contributed by atoms with Crippen molar-refractivity contribution >= 4 is 11.9 Å². The molecular weight excluding hydrogens is 296 g/mol. The molecule has 0 amide bonds. The Morgan fingerprint density at radius 3 is 2.00 bits per heavy atom. The molecule has 0 saturated carbocycles. The first-order valence-electron chi connectivity index (χ1n) is 8.38. The van der Waals surface area contributed by atoms with E-state index < -0.39 is 11.9 Å². The number of hydrogen-bond acceptors (Lipinski definition) is 5. The lowest BCUT2D eigenvalue weighted by atomic mass is 10.1. The van der Waals surface area contributed by atoms with E-state index in [-0.39, 0.29) is 18.0 Å². The van der Waals surface area contributed by atoms with Gasteiger partial charge in [-0.15, -0.1) is 0 Å². The van der Waals surface area contributed by atoms with Crippen molar-refractivity contribution in [2.75, 3.05) is 6.61 Å². The maximum Gasteiger partial charge on any atom is 0.359 e. The Labute approximate surface area is 137 Å². The predicted molar refractivity (Wildman–Crippen MR) is 86.5 cm³/mol. The summed E-state index contributed by atoms with van der Waals surface area (Å²) in [5.74, 6) is -2.01. The van der Waals surface area contributed by atoms with Crippen LogP contribution in [0.15, 0.2) is 12.4 Å². The minimum Gasteiger partial charge on any atom is -0.476 e. The monoisotopic (exact) mass is 322 g/mol. The van der Waals surface area contributed by atoms with E-state index in [4.69, 9.17) is 9.84 Å². The van der Waals surface area contributed by atoms with Gasteiger partial charge in [0.05, 0.1) is 6.61 Å². The van der Waals surface area contributed by atoms with Crippen molar-refractivity contribution in [2.45, 2.75) is 64.7 Å². The fraction of sp³-hybridized carbons (Fsp3) is 0.647. The standard InChI is InChI=1S/C17H26N2O4/c1-2-3-4-5-6-7-8-9-10-13-23-17(22)15-14(16(20)21)18-11-12-19-15/h11-12H,2-10,13H2,1H3,(H,20,21). The molecule has 0 atom stereocenters. The molecule has 6 nitrogen and oxygen atoms in total. The number of aromatic nitrogens is 2. The molecule has 0 saturated heterocycles. The van der Waals surface area contributed by atoms with E-state index in [1.54, 1.807) is 0 Å². The van der Waals surface area contributed by atoms with Crippen LogP contribution in [0.3, 0.4) is 0 Å². The quantitative estimate of drug-likeness (QED) is 0.464. The summed E-state index contributed by atoms with van der Waals surface area (Å²) in [6.07, 6.45) is 13.1. The van der Waals surface area contributed by atoms with Crippen molar-refractivity contribution in [2.24, 2.45) is 0 Å².